The van der Waals surface area contributed by atoms with Crippen molar-refractivity contribution in [2.24, 2.45) is 10.7 Å². The molecular formula is C17H16N4O4S. The van der Waals surface area contributed by atoms with E-state index in [0.29, 0.717) is 16.8 Å². The first-order valence-corrected chi connectivity index (χ1v) is 9.21. The van der Waals surface area contributed by atoms with Crippen molar-refractivity contribution in [1.82, 2.24) is 4.72 Å². The molecule has 4 N–H and O–H groups in total. The molecule has 0 atom stereocenters. The Morgan fingerprint density at radius 1 is 1.12 bits per heavy atom. The van der Waals surface area contributed by atoms with Crippen LogP contribution in [0.4, 0.5) is 5.69 Å². The maximum absolute atomic E-state index is 12.0. The molecule has 0 saturated heterocycles. The minimum absolute atomic E-state index is 0.0498. The number of aliphatic imine (C=N–C) groups is 1. The fourth-order valence-corrected chi connectivity index (χ4v) is 3.75. The van der Waals surface area contributed by atoms with Crippen molar-refractivity contribution in [2.45, 2.75) is 11.3 Å². The third-order valence-electron chi connectivity index (χ3n) is 3.70. The molecule has 0 bridgehead atoms. The van der Waals surface area contributed by atoms with Crippen molar-refractivity contribution < 1.29 is 18.0 Å². The highest BCUT2D eigenvalue weighted by molar-refractivity contribution is 7.90. The Morgan fingerprint density at radius 2 is 1.88 bits per heavy atom. The lowest BCUT2D eigenvalue weighted by molar-refractivity contribution is -0.116. The number of benzene rings is 2. The van der Waals surface area contributed by atoms with E-state index in [9.17, 15) is 18.0 Å². The van der Waals surface area contributed by atoms with Gasteiger partial charge in [-0.25, -0.2) is 8.42 Å². The molecular weight excluding hydrogens is 356 g/mol. The van der Waals surface area contributed by atoms with E-state index >= 15 is 0 Å². The van der Waals surface area contributed by atoms with Gasteiger partial charge in [0.05, 0.1) is 11.4 Å². The van der Waals surface area contributed by atoms with Gasteiger partial charge in [-0.05, 0) is 30.3 Å². The lowest BCUT2D eigenvalue weighted by atomic mass is 10.2. The lowest BCUT2D eigenvalue weighted by Gasteiger charge is -2.05. The molecule has 0 aliphatic carbocycles. The monoisotopic (exact) mass is 372 g/mol. The first kappa shape index (κ1) is 17.6. The summed E-state index contributed by atoms with van der Waals surface area (Å²) < 4.78 is 26.3. The molecule has 2 aromatic rings. The summed E-state index contributed by atoms with van der Waals surface area (Å²) in [6.07, 6.45) is 0.0498. The third-order valence-corrected chi connectivity index (χ3v) is 5.10. The average molecular weight is 372 g/mol. The fraction of sp³-hybridized carbons (Fsp3) is 0.118. The molecule has 1 heterocycles. The Labute approximate surface area is 150 Å². The van der Waals surface area contributed by atoms with Gasteiger partial charge in [0.15, 0.2) is 0 Å². The van der Waals surface area contributed by atoms with Crippen molar-refractivity contribution in [3.63, 3.8) is 0 Å². The van der Waals surface area contributed by atoms with E-state index in [2.05, 4.69) is 15.0 Å². The number of rotatable bonds is 5. The predicted octanol–water partition coefficient (Wildman–Crippen LogP) is 0.853. The van der Waals surface area contributed by atoms with Gasteiger partial charge in [-0.15, -0.1) is 0 Å². The van der Waals surface area contributed by atoms with E-state index in [1.54, 1.807) is 36.4 Å². The van der Waals surface area contributed by atoms with Crippen molar-refractivity contribution in [3.8, 4) is 0 Å². The molecule has 0 fully saturated rings. The highest BCUT2D eigenvalue weighted by Crippen LogP contribution is 2.22. The minimum Gasteiger partial charge on any atom is -0.366 e. The number of amidine groups is 1. The Balaban J connectivity index is 1.63. The Morgan fingerprint density at radius 3 is 2.65 bits per heavy atom. The van der Waals surface area contributed by atoms with E-state index < -0.39 is 15.9 Å². The first-order chi connectivity index (χ1) is 12.4. The van der Waals surface area contributed by atoms with Gasteiger partial charge in [0.25, 0.3) is 10.0 Å². The van der Waals surface area contributed by atoms with Crippen LogP contribution < -0.4 is 15.8 Å². The molecule has 3 rings (SSSR count). The molecule has 0 radical (unpaired) electrons. The maximum atomic E-state index is 12.0. The molecule has 2 aromatic carbocycles. The number of anilines is 1. The number of carbonyl (C=O) groups is 2. The van der Waals surface area contributed by atoms with Crippen LogP contribution in [0.1, 0.15) is 22.3 Å². The number of hydrogen-bond acceptors (Lipinski definition) is 5. The zero-order chi connectivity index (χ0) is 18.7. The lowest BCUT2D eigenvalue weighted by Crippen LogP contribution is -2.23. The number of fused-ring (bicyclic) bond motifs is 1. The van der Waals surface area contributed by atoms with Gasteiger partial charge in [0, 0.05) is 23.2 Å². The second kappa shape index (κ2) is 6.96. The molecule has 0 saturated carbocycles. The van der Waals surface area contributed by atoms with E-state index in [1.165, 1.54) is 12.1 Å². The predicted molar refractivity (Wildman–Crippen MR) is 96.4 cm³/mol. The summed E-state index contributed by atoms with van der Waals surface area (Å²) in [6.45, 7) is 0.105. The summed E-state index contributed by atoms with van der Waals surface area (Å²) in [5.74, 6) is -0.672. The van der Waals surface area contributed by atoms with Gasteiger partial charge in [-0.1, -0.05) is 18.2 Å². The second-order valence-electron chi connectivity index (χ2n) is 5.58. The van der Waals surface area contributed by atoms with Crippen LogP contribution in [-0.2, 0) is 14.8 Å². The summed E-state index contributed by atoms with van der Waals surface area (Å²) >= 11 is 0. The molecule has 8 nitrogen and oxygen atoms in total. The molecule has 134 valence electrons. The van der Waals surface area contributed by atoms with Gasteiger partial charge in [0.2, 0.25) is 11.8 Å². The number of hydrogen-bond donors (Lipinski definition) is 3. The van der Waals surface area contributed by atoms with E-state index in [4.69, 9.17) is 5.73 Å². The number of carbonyl (C=O) groups excluding carboxylic acids is 2. The van der Waals surface area contributed by atoms with Crippen LogP contribution in [0.15, 0.2) is 58.4 Å². The normalized spacial score (nSPS) is 15.9. The SMILES string of the molecule is NC(=O)c1cccc(NC(=O)CCN=C2NS(=O)(=O)c3ccccc32)c1. The largest absolute Gasteiger partial charge is 0.366 e. The molecule has 26 heavy (non-hydrogen) atoms. The van der Waals surface area contributed by atoms with Crippen LogP contribution in [0.2, 0.25) is 0 Å². The van der Waals surface area contributed by atoms with Crippen LogP contribution in [0, 0.1) is 0 Å². The highest BCUT2D eigenvalue weighted by atomic mass is 32.2. The quantitative estimate of drug-likeness (QED) is 0.718. The smallest absolute Gasteiger partial charge is 0.263 e. The van der Waals surface area contributed by atoms with Crippen molar-refractivity contribution in [2.75, 3.05) is 11.9 Å². The number of sulfonamides is 1. The van der Waals surface area contributed by atoms with Crippen LogP contribution in [0.5, 0.6) is 0 Å². The number of nitrogens with one attached hydrogen (secondary N) is 2. The van der Waals surface area contributed by atoms with Gasteiger partial charge < -0.3 is 11.1 Å². The van der Waals surface area contributed by atoms with Crippen LogP contribution in [-0.4, -0.2) is 32.6 Å². The molecule has 0 spiro atoms. The van der Waals surface area contributed by atoms with Gasteiger partial charge in [-0.3, -0.25) is 19.3 Å². The van der Waals surface area contributed by atoms with E-state index in [-0.39, 0.29) is 29.6 Å². The summed E-state index contributed by atoms with van der Waals surface area (Å²) in [7, 11) is -3.59. The van der Waals surface area contributed by atoms with Crippen molar-refractivity contribution in [1.29, 1.82) is 0 Å². The Bertz CT molecular complexity index is 1010. The number of amides is 2. The number of primary amides is 1. The maximum Gasteiger partial charge on any atom is 0.263 e. The van der Waals surface area contributed by atoms with Crippen LogP contribution in [0.3, 0.4) is 0 Å². The molecule has 1 aliphatic rings. The van der Waals surface area contributed by atoms with Crippen molar-refractivity contribution >= 4 is 33.4 Å². The molecule has 1 aliphatic heterocycles. The fourth-order valence-electron chi connectivity index (χ4n) is 2.49. The Hall–Kier alpha value is -3.20. The van der Waals surface area contributed by atoms with E-state index in [0.717, 1.165) is 0 Å². The van der Waals surface area contributed by atoms with Gasteiger partial charge in [0.1, 0.15) is 5.84 Å². The topological polar surface area (TPSA) is 131 Å². The van der Waals surface area contributed by atoms with E-state index in [1.807, 2.05) is 0 Å². The zero-order valence-corrected chi connectivity index (χ0v) is 14.4. The van der Waals surface area contributed by atoms with Gasteiger partial charge in [-0.2, -0.15) is 0 Å². The third kappa shape index (κ3) is 3.72. The first-order valence-electron chi connectivity index (χ1n) is 7.73. The molecule has 0 unspecified atom stereocenters. The summed E-state index contributed by atoms with van der Waals surface area (Å²) in [4.78, 5) is 27.5. The Kier molecular flexibility index (Phi) is 4.72. The molecule has 9 heteroatoms. The summed E-state index contributed by atoms with van der Waals surface area (Å²) in [5, 5.41) is 2.64. The van der Waals surface area contributed by atoms with Crippen LogP contribution >= 0.6 is 0 Å². The van der Waals surface area contributed by atoms with Crippen molar-refractivity contribution in [3.05, 3.63) is 59.7 Å². The minimum atomic E-state index is -3.59. The second-order valence-corrected chi connectivity index (χ2v) is 7.23. The molecule has 0 aromatic heterocycles. The average Bonchev–Trinajstić information content (AvgIpc) is 2.86. The summed E-state index contributed by atoms with van der Waals surface area (Å²) in [5.41, 5.74) is 6.43. The summed E-state index contributed by atoms with van der Waals surface area (Å²) in [6, 6.07) is 12.8. The number of nitrogens with two attached hydrogens (primary N) is 1. The van der Waals surface area contributed by atoms with Gasteiger partial charge >= 0.3 is 0 Å². The van der Waals surface area contributed by atoms with Crippen LogP contribution in [0.25, 0.3) is 0 Å². The standard InChI is InChI=1S/C17H16N4O4S/c18-16(23)11-4-3-5-12(10-11)20-15(22)8-9-19-17-13-6-1-2-7-14(13)26(24,25)21-17/h1-7,10H,8-9H2,(H2,18,23)(H,19,21)(H,20,22). The zero-order valence-electron chi connectivity index (χ0n) is 13.6. The highest BCUT2D eigenvalue weighted by Gasteiger charge is 2.29. The molecule has 2 amide bonds. The number of nitrogens with zero attached hydrogens (tertiary/aromatic N) is 1.